The predicted molar refractivity (Wildman–Crippen MR) is 78.7 cm³/mol. The minimum absolute atomic E-state index is 0.178. The molecule has 0 aliphatic heterocycles. The molecular formula is C14H18N4O3. The average molecular weight is 290 g/mol. The van der Waals surface area contributed by atoms with Crippen LogP contribution in [0.5, 0.6) is 0 Å². The topological polar surface area (TPSA) is 128 Å². The summed E-state index contributed by atoms with van der Waals surface area (Å²) in [7, 11) is 0. The highest BCUT2D eigenvalue weighted by molar-refractivity contribution is 5.94. The molecule has 0 radical (unpaired) electrons. The van der Waals surface area contributed by atoms with E-state index in [9.17, 15) is 9.59 Å². The maximum atomic E-state index is 11.7. The number of carbonyl (C=O) groups is 2. The minimum atomic E-state index is -1.04. The molecule has 1 aromatic rings. The minimum Gasteiger partial charge on any atom is -0.465 e. The quantitative estimate of drug-likeness (QED) is 0.450. The number of anilines is 2. The highest BCUT2D eigenvalue weighted by Crippen LogP contribution is 2.20. The molecule has 5 N–H and O–H groups in total. The molecule has 112 valence electrons. The molecule has 0 heterocycles. The first kappa shape index (κ1) is 16.3. The first-order valence-electron chi connectivity index (χ1n) is 6.59. The summed E-state index contributed by atoms with van der Waals surface area (Å²) in [5, 5.41) is 22.1. The molecule has 0 aromatic heterocycles. The second-order valence-corrected chi connectivity index (χ2v) is 4.50. The van der Waals surface area contributed by atoms with E-state index >= 15 is 0 Å². The predicted octanol–water partition coefficient (Wildman–Crippen LogP) is 1.91. The van der Waals surface area contributed by atoms with Crippen molar-refractivity contribution in [2.45, 2.75) is 25.7 Å². The van der Waals surface area contributed by atoms with Gasteiger partial charge in [-0.1, -0.05) is 6.42 Å². The molecule has 7 heteroatoms. The molecule has 0 spiro atoms. The Labute approximate surface area is 122 Å². The Hall–Kier alpha value is -2.75. The lowest BCUT2D eigenvalue weighted by Gasteiger charge is -2.08. The van der Waals surface area contributed by atoms with Crippen molar-refractivity contribution in [3.05, 3.63) is 23.8 Å². The fourth-order valence-electron chi connectivity index (χ4n) is 1.73. The van der Waals surface area contributed by atoms with Crippen LogP contribution in [0, 0.1) is 11.3 Å². The number of hydrogen-bond donors (Lipinski definition) is 4. The van der Waals surface area contributed by atoms with Crippen LogP contribution in [0.2, 0.25) is 0 Å². The standard InChI is InChI=1S/C14H18N4O3/c15-9-10-5-6-11(16)12(8-10)18-13(19)4-2-1-3-7-17-14(20)21/h5-6,8,17H,1-4,7,16H2,(H,18,19)(H,20,21). The zero-order valence-electron chi connectivity index (χ0n) is 11.6. The zero-order valence-corrected chi connectivity index (χ0v) is 11.6. The van der Waals surface area contributed by atoms with Crippen LogP contribution in [0.1, 0.15) is 31.2 Å². The van der Waals surface area contributed by atoms with Crippen LogP contribution in [0.4, 0.5) is 16.2 Å². The van der Waals surface area contributed by atoms with Crippen LogP contribution in [0.15, 0.2) is 18.2 Å². The molecule has 0 fully saturated rings. The summed E-state index contributed by atoms with van der Waals surface area (Å²) in [6.07, 6.45) is 1.38. The van der Waals surface area contributed by atoms with Crippen LogP contribution in [-0.4, -0.2) is 23.7 Å². The number of benzene rings is 1. The summed E-state index contributed by atoms with van der Waals surface area (Å²) in [4.78, 5) is 22.0. The molecule has 7 nitrogen and oxygen atoms in total. The monoisotopic (exact) mass is 290 g/mol. The number of nitrogen functional groups attached to an aromatic ring is 1. The van der Waals surface area contributed by atoms with Crippen LogP contribution < -0.4 is 16.4 Å². The Bertz CT molecular complexity index is 552. The first-order valence-corrected chi connectivity index (χ1v) is 6.59. The van der Waals surface area contributed by atoms with Crippen LogP contribution >= 0.6 is 0 Å². The molecule has 0 saturated heterocycles. The molecule has 0 saturated carbocycles. The van der Waals surface area contributed by atoms with Gasteiger partial charge in [0.25, 0.3) is 0 Å². The normalized spacial score (nSPS) is 9.67. The van der Waals surface area contributed by atoms with Gasteiger partial charge < -0.3 is 21.5 Å². The number of carbonyl (C=O) groups excluding carboxylic acids is 1. The number of nitrogens with zero attached hydrogens (tertiary/aromatic N) is 1. The molecular weight excluding hydrogens is 272 g/mol. The van der Waals surface area contributed by atoms with Gasteiger partial charge in [0.1, 0.15) is 0 Å². The molecule has 0 aliphatic rings. The molecule has 0 aliphatic carbocycles. The third-order valence-electron chi connectivity index (χ3n) is 2.81. The van der Waals surface area contributed by atoms with Crippen molar-refractivity contribution in [3.8, 4) is 6.07 Å². The maximum absolute atomic E-state index is 11.7. The Balaban J connectivity index is 2.31. The first-order chi connectivity index (χ1) is 10.0. The Kier molecular flexibility index (Phi) is 6.54. The number of unbranched alkanes of at least 4 members (excludes halogenated alkanes) is 2. The molecule has 1 rings (SSSR count). The van der Waals surface area contributed by atoms with Gasteiger partial charge in [-0.3, -0.25) is 4.79 Å². The van der Waals surface area contributed by atoms with Gasteiger partial charge in [0.15, 0.2) is 0 Å². The third-order valence-corrected chi connectivity index (χ3v) is 2.81. The number of amides is 2. The van der Waals surface area contributed by atoms with Crippen molar-refractivity contribution in [2.75, 3.05) is 17.6 Å². The summed E-state index contributed by atoms with van der Waals surface area (Å²) in [6, 6.07) is 6.67. The lowest BCUT2D eigenvalue weighted by atomic mass is 10.1. The summed E-state index contributed by atoms with van der Waals surface area (Å²) >= 11 is 0. The number of nitriles is 1. The van der Waals surface area contributed by atoms with E-state index in [1.165, 1.54) is 6.07 Å². The Morgan fingerprint density at radius 1 is 1.29 bits per heavy atom. The fraction of sp³-hybridized carbons (Fsp3) is 0.357. The SMILES string of the molecule is N#Cc1ccc(N)c(NC(=O)CCCCCNC(=O)O)c1. The highest BCUT2D eigenvalue weighted by Gasteiger charge is 2.06. The van der Waals surface area contributed by atoms with Crippen molar-refractivity contribution in [2.24, 2.45) is 0 Å². The van der Waals surface area contributed by atoms with Crippen molar-refractivity contribution in [1.82, 2.24) is 5.32 Å². The lowest BCUT2D eigenvalue weighted by Crippen LogP contribution is -2.21. The fourth-order valence-corrected chi connectivity index (χ4v) is 1.73. The summed E-state index contributed by atoms with van der Waals surface area (Å²) in [5.41, 5.74) is 7.00. The second-order valence-electron chi connectivity index (χ2n) is 4.50. The molecule has 1 aromatic carbocycles. The lowest BCUT2D eigenvalue weighted by molar-refractivity contribution is -0.116. The molecule has 21 heavy (non-hydrogen) atoms. The molecule has 0 atom stereocenters. The van der Waals surface area contributed by atoms with E-state index in [2.05, 4.69) is 10.6 Å². The van der Waals surface area contributed by atoms with E-state index in [0.717, 1.165) is 6.42 Å². The third kappa shape index (κ3) is 6.29. The van der Waals surface area contributed by atoms with Crippen LogP contribution in [-0.2, 0) is 4.79 Å². The van der Waals surface area contributed by atoms with Crippen LogP contribution in [0.3, 0.4) is 0 Å². The van der Waals surface area contributed by atoms with E-state index in [4.69, 9.17) is 16.1 Å². The summed E-state index contributed by atoms with van der Waals surface area (Å²) in [6.45, 7) is 0.383. The zero-order chi connectivity index (χ0) is 15.7. The van der Waals surface area contributed by atoms with Gasteiger partial charge in [0, 0.05) is 13.0 Å². The number of rotatable bonds is 7. The number of hydrogen-bond acceptors (Lipinski definition) is 4. The number of nitrogens with one attached hydrogen (secondary N) is 2. The summed E-state index contributed by atoms with van der Waals surface area (Å²) < 4.78 is 0. The molecule has 0 unspecified atom stereocenters. The van der Waals surface area contributed by atoms with Gasteiger partial charge in [0.2, 0.25) is 5.91 Å². The van der Waals surface area contributed by atoms with E-state index in [1.54, 1.807) is 12.1 Å². The van der Waals surface area contributed by atoms with Gasteiger partial charge in [-0.25, -0.2) is 4.79 Å². The maximum Gasteiger partial charge on any atom is 0.404 e. The van der Waals surface area contributed by atoms with Crippen LogP contribution in [0.25, 0.3) is 0 Å². The average Bonchev–Trinajstić information content (AvgIpc) is 2.44. The van der Waals surface area contributed by atoms with E-state index in [1.807, 2.05) is 6.07 Å². The Morgan fingerprint density at radius 3 is 2.71 bits per heavy atom. The van der Waals surface area contributed by atoms with E-state index in [0.29, 0.717) is 42.7 Å². The van der Waals surface area contributed by atoms with E-state index < -0.39 is 6.09 Å². The summed E-state index contributed by atoms with van der Waals surface area (Å²) in [5.74, 6) is -0.178. The smallest absolute Gasteiger partial charge is 0.404 e. The molecule has 0 bridgehead atoms. The van der Waals surface area contributed by atoms with E-state index in [-0.39, 0.29) is 5.91 Å². The number of nitrogens with two attached hydrogens (primary N) is 1. The van der Waals surface area contributed by atoms with Crippen molar-refractivity contribution >= 4 is 23.4 Å². The van der Waals surface area contributed by atoms with Gasteiger partial charge >= 0.3 is 6.09 Å². The van der Waals surface area contributed by atoms with Gasteiger partial charge in [-0.15, -0.1) is 0 Å². The highest BCUT2D eigenvalue weighted by atomic mass is 16.4. The van der Waals surface area contributed by atoms with Crippen molar-refractivity contribution in [3.63, 3.8) is 0 Å². The van der Waals surface area contributed by atoms with Crippen molar-refractivity contribution < 1.29 is 14.7 Å². The van der Waals surface area contributed by atoms with Gasteiger partial charge in [-0.05, 0) is 31.0 Å². The van der Waals surface area contributed by atoms with Gasteiger partial charge in [0.05, 0.1) is 23.0 Å². The Morgan fingerprint density at radius 2 is 2.05 bits per heavy atom. The van der Waals surface area contributed by atoms with Crippen molar-refractivity contribution in [1.29, 1.82) is 5.26 Å². The second kappa shape index (κ2) is 8.43. The molecule has 2 amide bonds. The number of carboxylic acid groups (broad SMARTS) is 1. The van der Waals surface area contributed by atoms with Gasteiger partial charge in [-0.2, -0.15) is 5.26 Å². The largest absolute Gasteiger partial charge is 0.465 e.